The van der Waals surface area contributed by atoms with Crippen molar-refractivity contribution >= 4 is 0 Å². The van der Waals surface area contributed by atoms with E-state index in [1.54, 1.807) is 7.05 Å². The lowest BCUT2D eigenvalue weighted by atomic mass is 10.1. The highest BCUT2D eigenvalue weighted by molar-refractivity contribution is 5.35. The van der Waals surface area contributed by atoms with Gasteiger partial charge in [0.05, 0.1) is 0 Å². The first-order valence-electron chi connectivity index (χ1n) is 4.90. The molecule has 6 nitrogen and oxygen atoms in total. The van der Waals surface area contributed by atoms with Crippen LogP contribution in [0.3, 0.4) is 0 Å². The van der Waals surface area contributed by atoms with Crippen molar-refractivity contribution in [1.82, 2.24) is 20.2 Å². The minimum Gasteiger partial charge on any atom is -0.423 e. The Hall–Kier alpha value is -1.95. The maximum absolute atomic E-state index is 8.92. The molecule has 1 aromatic heterocycles. The molecule has 0 radical (unpaired) electrons. The zero-order chi connectivity index (χ0) is 11.4. The molecule has 84 valence electrons. The van der Waals surface area contributed by atoms with E-state index in [2.05, 4.69) is 15.5 Å². The molecule has 0 saturated carbocycles. The first-order valence-corrected chi connectivity index (χ1v) is 4.90. The van der Waals surface area contributed by atoms with Crippen molar-refractivity contribution < 1.29 is 9.84 Å². The number of benzene rings is 1. The van der Waals surface area contributed by atoms with Crippen LogP contribution in [-0.2, 0) is 13.5 Å². The maximum atomic E-state index is 8.92. The number of hydrogen-bond donors (Lipinski definition) is 1. The standard InChI is InChI=1S/C10H12N4O2/c1-14-10(11-12-13-14)16-9-5-3-2-4-8(9)6-7-15/h2-5,15H,6-7H2,1H3. The van der Waals surface area contributed by atoms with Crippen molar-refractivity contribution in [3.8, 4) is 11.8 Å². The average molecular weight is 220 g/mol. The van der Waals surface area contributed by atoms with Crippen LogP contribution in [0, 0.1) is 0 Å². The Bertz CT molecular complexity index is 469. The summed E-state index contributed by atoms with van der Waals surface area (Å²) >= 11 is 0. The van der Waals surface area contributed by atoms with E-state index in [1.807, 2.05) is 24.3 Å². The van der Waals surface area contributed by atoms with Crippen molar-refractivity contribution in [3.63, 3.8) is 0 Å². The second kappa shape index (κ2) is 4.71. The van der Waals surface area contributed by atoms with E-state index in [-0.39, 0.29) is 6.61 Å². The number of hydrogen-bond acceptors (Lipinski definition) is 5. The predicted octanol–water partition coefficient (Wildman–Crippen LogP) is 0.537. The Morgan fingerprint density at radius 1 is 1.38 bits per heavy atom. The zero-order valence-corrected chi connectivity index (χ0v) is 8.87. The summed E-state index contributed by atoms with van der Waals surface area (Å²) in [6.07, 6.45) is 0.543. The molecule has 0 aliphatic rings. The number of nitrogens with zero attached hydrogens (tertiary/aromatic N) is 4. The molecule has 2 aromatic rings. The third kappa shape index (κ3) is 2.17. The topological polar surface area (TPSA) is 73.1 Å². The van der Waals surface area contributed by atoms with E-state index < -0.39 is 0 Å². The minimum atomic E-state index is 0.0808. The smallest absolute Gasteiger partial charge is 0.340 e. The summed E-state index contributed by atoms with van der Waals surface area (Å²) in [4.78, 5) is 0. The summed E-state index contributed by atoms with van der Waals surface area (Å²) in [6, 6.07) is 7.80. The molecule has 0 bridgehead atoms. The van der Waals surface area contributed by atoms with Crippen LogP contribution in [0.5, 0.6) is 11.8 Å². The van der Waals surface area contributed by atoms with E-state index in [4.69, 9.17) is 9.84 Å². The van der Waals surface area contributed by atoms with Gasteiger partial charge in [-0.3, -0.25) is 0 Å². The van der Waals surface area contributed by atoms with E-state index >= 15 is 0 Å². The molecule has 0 spiro atoms. The lowest BCUT2D eigenvalue weighted by molar-refractivity contribution is 0.297. The number of ether oxygens (including phenoxy) is 1. The highest BCUT2D eigenvalue weighted by Crippen LogP contribution is 2.22. The van der Waals surface area contributed by atoms with Crippen molar-refractivity contribution in [1.29, 1.82) is 0 Å². The molecule has 16 heavy (non-hydrogen) atoms. The van der Waals surface area contributed by atoms with Crippen LogP contribution < -0.4 is 4.74 Å². The first-order chi connectivity index (χ1) is 7.81. The first kappa shape index (κ1) is 10.6. The lowest BCUT2D eigenvalue weighted by Gasteiger charge is -2.07. The molecular weight excluding hydrogens is 208 g/mol. The molecule has 0 unspecified atom stereocenters. The fraction of sp³-hybridized carbons (Fsp3) is 0.300. The van der Waals surface area contributed by atoms with Gasteiger partial charge in [-0.05, 0) is 28.5 Å². The Labute approximate surface area is 92.5 Å². The van der Waals surface area contributed by atoms with E-state index in [0.717, 1.165) is 5.56 Å². The predicted molar refractivity (Wildman–Crippen MR) is 56.1 cm³/mol. The SMILES string of the molecule is Cn1nnnc1Oc1ccccc1CCO. The van der Waals surface area contributed by atoms with Crippen molar-refractivity contribution in [2.75, 3.05) is 6.61 Å². The second-order valence-corrected chi connectivity index (χ2v) is 3.27. The molecule has 1 heterocycles. The van der Waals surface area contributed by atoms with Gasteiger partial charge in [0.2, 0.25) is 0 Å². The van der Waals surface area contributed by atoms with E-state index in [1.165, 1.54) is 4.68 Å². The summed E-state index contributed by atoms with van der Waals surface area (Å²) in [5.74, 6) is 0.662. The van der Waals surface area contributed by atoms with Gasteiger partial charge in [-0.25, -0.2) is 0 Å². The Morgan fingerprint density at radius 3 is 2.88 bits per heavy atom. The van der Waals surface area contributed by atoms with Gasteiger partial charge in [0, 0.05) is 13.7 Å². The van der Waals surface area contributed by atoms with Crippen molar-refractivity contribution in [2.24, 2.45) is 7.05 Å². The van der Waals surface area contributed by atoms with Crippen LogP contribution >= 0.6 is 0 Å². The van der Waals surface area contributed by atoms with Crippen LogP contribution in [0.25, 0.3) is 0 Å². The van der Waals surface area contributed by atoms with Gasteiger partial charge in [-0.1, -0.05) is 23.3 Å². The van der Waals surface area contributed by atoms with Crippen LogP contribution in [0.2, 0.25) is 0 Å². The molecule has 2 rings (SSSR count). The molecule has 0 atom stereocenters. The summed E-state index contributed by atoms with van der Waals surface area (Å²) in [5, 5.41) is 19.8. The Morgan fingerprint density at radius 2 is 2.19 bits per heavy atom. The second-order valence-electron chi connectivity index (χ2n) is 3.27. The van der Waals surface area contributed by atoms with Crippen LogP contribution in [0.1, 0.15) is 5.56 Å². The molecule has 0 aliphatic heterocycles. The number of tetrazole rings is 1. The third-order valence-corrected chi connectivity index (χ3v) is 2.14. The number of aromatic nitrogens is 4. The monoisotopic (exact) mass is 220 g/mol. The summed E-state index contributed by atoms with van der Waals surface area (Å²) < 4.78 is 6.99. The van der Waals surface area contributed by atoms with Gasteiger partial charge < -0.3 is 9.84 Å². The van der Waals surface area contributed by atoms with Gasteiger partial charge >= 0.3 is 6.01 Å². The summed E-state index contributed by atoms with van der Waals surface area (Å²) in [6.45, 7) is 0.0808. The Kier molecular flexibility index (Phi) is 3.11. The number of para-hydroxylation sites is 1. The average Bonchev–Trinajstić information content (AvgIpc) is 2.68. The highest BCUT2D eigenvalue weighted by Gasteiger charge is 2.08. The molecule has 0 saturated heterocycles. The molecule has 1 aromatic carbocycles. The number of aliphatic hydroxyl groups excluding tert-OH is 1. The van der Waals surface area contributed by atoms with Gasteiger partial charge in [0.25, 0.3) is 0 Å². The molecule has 0 fully saturated rings. The van der Waals surface area contributed by atoms with Gasteiger partial charge in [0.15, 0.2) is 0 Å². The molecule has 0 amide bonds. The van der Waals surface area contributed by atoms with E-state index in [9.17, 15) is 0 Å². The molecular formula is C10H12N4O2. The van der Waals surface area contributed by atoms with Crippen molar-refractivity contribution in [3.05, 3.63) is 29.8 Å². The molecule has 1 N–H and O–H groups in total. The van der Waals surface area contributed by atoms with Crippen LogP contribution in [0.4, 0.5) is 0 Å². The summed E-state index contributed by atoms with van der Waals surface area (Å²) in [7, 11) is 1.70. The van der Waals surface area contributed by atoms with Crippen molar-refractivity contribution in [2.45, 2.75) is 6.42 Å². The highest BCUT2D eigenvalue weighted by atomic mass is 16.5. The maximum Gasteiger partial charge on any atom is 0.340 e. The summed E-state index contributed by atoms with van der Waals surface area (Å²) in [5.41, 5.74) is 0.924. The Balaban J connectivity index is 2.24. The van der Waals surface area contributed by atoms with Gasteiger partial charge in [0.1, 0.15) is 5.75 Å². The lowest BCUT2D eigenvalue weighted by Crippen LogP contribution is -1.99. The minimum absolute atomic E-state index is 0.0808. The largest absolute Gasteiger partial charge is 0.423 e. The van der Waals surface area contributed by atoms with Crippen LogP contribution in [0.15, 0.2) is 24.3 Å². The van der Waals surface area contributed by atoms with Crippen LogP contribution in [-0.4, -0.2) is 31.9 Å². The fourth-order valence-electron chi connectivity index (χ4n) is 1.34. The van der Waals surface area contributed by atoms with Gasteiger partial charge in [-0.15, -0.1) is 0 Å². The third-order valence-electron chi connectivity index (χ3n) is 2.14. The zero-order valence-electron chi connectivity index (χ0n) is 8.87. The fourth-order valence-corrected chi connectivity index (χ4v) is 1.34. The molecule has 0 aliphatic carbocycles. The number of rotatable bonds is 4. The molecule has 6 heteroatoms. The van der Waals surface area contributed by atoms with E-state index in [0.29, 0.717) is 18.2 Å². The number of aliphatic hydroxyl groups is 1. The quantitative estimate of drug-likeness (QED) is 0.814. The normalized spacial score (nSPS) is 10.4. The number of aryl methyl sites for hydroxylation is 1. The van der Waals surface area contributed by atoms with Gasteiger partial charge in [-0.2, -0.15) is 4.68 Å².